The molecule has 4 nitrogen and oxygen atoms in total. The van der Waals surface area contributed by atoms with E-state index in [2.05, 4.69) is 42.0 Å². The zero-order valence-electron chi connectivity index (χ0n) is 17.3. The standard InChI is InChI=1S/C24H26Cl2N2O2/c1-18-7-3-4-8-19(18)16-27-10-5-9-23(27)17-28(11-6-12-30-2)24(29)20-13-21(25)15-22(26)14-20/h3-5,7-10,13-15H,6,11-12,16-17H2,1-2H3. The minimum absolute atomic E-state index is 0.0980. The second kappa shape index (κ2) is 10.7. The van der Waals surface area contributed by atoms with Crippen molar-refractivity contribution in [3.63, 3.8) is 0 Å². The summed E-state index contributed by atoms with van der Waals surface area (Å²) in [5.74, 6) is -0.0980. The van der Waals surface area contributed by atoms with Crippen LogP contribution in [0, 0.1) is 6.92 Å². The van der Waals surface area contributed by atoms with Crippen molar-refractivity contribution in [2.24, 2.45) is 0 Å². The normalized spacial score (nSPS) is 10.9. The number of rotatable bonds is 9. The Morgan fingerprint density at radius 1 is 1.07 bits per heavy atom. The van der Waals surface area contributed by atoms with E-state index in [0.29, 0.717) is 35.3 Å². The van der Waals surface area contributed by atoms with Crippen molar-refractivity contribution in [2.75, 3.05) is 20.3 Å². The molecule has 0 aliphatic heterocycles. The monoisotopic (exact) mass is 444 g/mol. The molecule has 0 bridgehead atoms. The number of hydrogen-bond donors (Lipinski definition) is 0. The first-order chi connectivity index (χ1) is 14.5. The van der Waals surface area contributed by atoms with Crippen LogP contribution in [0.1, 0.15) is 33.6 Å². The molecule has 1 amide bonds. The summed E-state index contributed by atoms with van der Waals surface area (Å²) in [6.45, 7) is 4.53. The summed E-state index contributed by atoms with van der Waals surface area (Å²) in [5, 5.41) is 0.899. The fourth-order valence-corrected chi connectivity index (χ4v) is 3.95. The van der Waals surface area contributed by atoms with Crippen LogP contribution < -0.4 is 0 Å². The molecule has 2 aromatic carbocycles. The van der Waals surface area contributed by atoms with Gasteiger partial charge in [0.2, 0.25) is 0 Å². The molecule has 0 saturated carbocycles. The first-order valence-electron chi connectivity index (χ1n) is 9.90. The van der Waals surface area contributed by atoms with Gasteiger partial charge in [0.15, 0.2) is 0 Å². The predicted molar refractivity (Wildman–Crippen MR) is 122 cm³/mol. The van der Waals surface area contributed by atoms with Gasteiger partial charge in [-0.05, 0) is 54.8 Å². The van der Waals surface area contributed by atoms with Crippen LogP contribution in [0.4, 0.5) is 0 Å². The maximum Gasteiger partial charge on any atom is 0.254 e. The molecule has 0 fully saturated rings. The maximum atomic E-state index is 13.3. The Labute approximate surface area is 188 Å². The SMILES string of the molecule is COCCCN(Cc1cccn1Cc1ccccc1C)C(=O)c1cc(Cl)cc(Cl)c1. The molecule has 0 radical (unpaired) electrons. The number of carbonyl (C=O) groups excluding carboxylic acids is 1. The number of aryl methyl sites for hydroxylation is 1. The van der Waals surface area contributed by atoms with Crippen LogP contribution in [0.25, 0.3) is 0 Å². The zero-order valence-corrected chi connectivity index (χ0v) is 18.8. The zero-order chi connectivity index (χ0) is 21.5. The molecule has 3 aromatic rings. The van der Waals surface area contributed by atoms with Gasteiger partial charge in [0.25, 0.3) is 5.91 Å². The molecule has 0 spiro atoms. The predicted octanol–water partition coefficient (Wildman–Crippen LogP) is 5.83. The number of aromatic nitrogens is 1. The molecule has 1 aromatic heterocycles. The number of amides is 1. The fourth-order valence-electron chi connectivity index (χ4n) is 3.43. The average Bonchev–Trinajstić information content (AvgIpc) is 3.14. The van der Waals surface area contributed by atoms with Gasteiger partial charge in [0, 0.05) is 54.3 Å². The summed E-state index contributed by atoms with van der Waals surface area (Å²) in [5.41, 5.74) is 4.06. The van der Waals surface area contributed by atoms with E-state index in [0.717, 1.165) is 18.7 Å². The Morgan fingerprint density at radius 3 is 2.50 bits per heavy atom. The Hall–Kier alpha value is -2.27. The lowest BCUT2D eigenvalue weighted by molar-refractivity contribution is 0.0720. The molecular weight excluding hydrogens is 419 g/mol. The molecule has 6 heteroatoms. The number of halogens is 2. The average molecular weight is 445 g/mol. The first kappa shape index (κ1) is 22.4. The van der Waals surface area contributed by atoms with Crippen molar-refractivity contribution in [1.29, 1.82) is 0 Å². The van der Waals surface area contributed by atoms with E-state index >= 15 is 0 Å². The van der Waals surface area contributed by atoms with E-state index in [1.807, 2.05) is 17.0 Å². The lowest BCUT2D eigenvalue weighted by Crippen LogP contribution is -2.33. The lowest BCUT2D eigenvalue weighted by atomic mass is 10.1. The number of benzene rings is 2. The van der Waals surface area contributed by atoms with Crippen LogP contribution in [0.2, 0.25) is 10.0 Å². The van der Waals surface area contributed by atoms with Gasteiger partial charge in [0.05, 0.1) is 6.54 Å². The fraction of sp³-hybridized carbons (Fsp3) is 0.292. The van der Waals surface area contributed by atoms with Gasteiger partial charge in [-0.15, -0.1) is 0 Å². The van der Waals surface area contributed by atoms with Gasteiger partial charge < -0.3 is 14.2 Å². The van der Waals surface area contributed by atoms with E-state index in [9.17, 15) is 4.79 Å². The van der Waals surface area contributed by atoms with Gasteiger partial charge in [0.1, 0.15) is 0 Å². The van der Waals surface area contributed by atoms with Crippen molar-refractivity contribution in [3.05, 3.63) is 93.2 Å². The van der Waals surface area contributed by atoms with Crippen LogP contribution in [0.15, 0.2) is 60.8 Å². The van der Waals surface area contributed by atoms with E-state index in [-0.39, 0.29) is 5.91 Å². The minimum atomic E-state index is -0.0980. The number of carbonyl (C=O) groups is 1. The highest BCUT2D eigenvalue weighted by Gasteiger charge is 2.19. The first-order valence-corrected chi connectivity index (χ1v) is 10.7. The number of ether oxygens (including phenoxy) is 1. The number of hydrogen-bond acceptors (Lipinski definition) is 2. The van der Waals surface area contributed by atoms with Gasteiger partial charge in [-0.25, -0.2) is 0 Å². The molecule has 30 heavy (non-hydrogen) atoms. The quantitative estimate of drug-likeness (QED) is 0.389. The van der Waals surface area contributed by atoms with Crippen molar-refractivity contribution < 1.29 is 9.53 Å². The largest absolute Gasteiger partial charge is 0.385 e. The van der Waals surface area contributed by atoms with Crippen molar-refractivity contribution >= 4 is 29.1 Å². The third-order valence-corrected chi connectivity index (χ3v) is 5.49. The second-order valence-corrected chi connectivity index (χ2v) is 8.16. The molecule has 0 unspecified atom stereocenters. The smallest absolute Gasteiger partial charge is 0.254 e. The summed E-state index contributed by atoms with van der Waals surface area (Å²) in [7, 11) is 1.66. The summed E-state index contributed by atoms with van der Waals surface area (Å²) < 4.78 is 7.37. The van der Waals surface area contributed by atoms with Crippen LogP contribution >= 0.6 is 23.2 Å². The highest BCUT2D eigenvalue weighted by Crippen LogP contribution is 2.21. The molecule has 0 aliphatic rings. The van der Waals surface area contributed by atoms with Crippen LogP contribution in [-0.2, 0) is 17.8 Å². The Kier molecular flexibility index (Phi) is 7.97. The summed E-state index contributed by atoms with van der Waals surface area (Å²) in [4.78, 5) is 15.1. The molecule has 0 atom stereocenters. The van der Waals surface area contributed by atoms with E-state index in [4.69, 9.17) is 27.9 Å². The Balaban J connectivity index is 1.83. The molecule has 0 aliphatic carbocycles. The number of methoxy groups -OCH3 is 1. The number of nitrogens with zero attached hydrogens (tertiary/aromatic N) is 2. The van der Waals surface area contributed by atoms with Crippen LogP contribution in [-0.4, -0.2) is 35.6 Å². The molecule has 3 rings (SSSR count). The highest BCUT2D eigenvalue weighted by molar-refractivity contribution is 6.35. The molecule has 158 valence electrons. The highest BCUT2D eigenvalue weighted by atomic mass is 35.5. The topological polar surface area (TPSA) is 34.5 Å². The van der Waals surface area contributed by atoms with Gasteiger partial charge >= 0.3 is 0 Å². The van der Waals surface area contributed by atoms with Crippen molar-refractivity contribution in [3.8, 4) is 0 Å². The molecule has 1 heterocycles. The molecular formula is C24H26Cl2N2O2. The van der Waals surface area contributed by atoms with Gasteiger partial charge in [-0.2, -0.15) is 0 Å². The van der Waals surface area contributed by atoms with Crippen molar-refractivity contribution in [1.82, 2.24) is 9.47 Å². The molecule has 0 N–H and O–H groups in total. The second-order valence-electron chi connectivity index (χ2n) is 7.29. The third kappa shape index (κ3) is 5.88. The van der Waals surface area contributed by atoms with Gasteiger partial charge in [-0.3, -0.25) is 4.79 Å². The van der Waals surface area contributed by atoms with Crippen LogP contribution in [0.3, 0.4) is 0 Å². The van der Waals surface area contributed by atoms with E-state index in [1.165, 1.54) is 11.1 Å². The minimum Gasteiger partial charge on any atom is -0.385 e. The van der Waals surface area contributed by atoms with Crippen LogP contribution in [0.5, 0.6) is 0 Å². The summed E-state index contributed by atoms with van der Waals surface area (Å²) >= 11 is 12.2. The Bertz CT molecular complexity index is 980. The van der Waals surface area contributed by atoms with Crippen molar-refractivity contribution in [2.45, 2.75) is 26.4 Å². The Morgan fingerprint density at radius 2 is 1.80 bits per heavy atom. The van der Waals surface area contributed by atoms with E-state index in [1.54, 1.807) is 25.3 Å². The summed E-state index contributed by atoms with van der Waals surface area (Å²) in [6.07, 6.45) is 2.80. The van der Waals surface area contributed by atoms with E-state index < -0.39 is 0 Å². The maximum absolute atomic E-state index is 13.3. The molecule has 0 saturated heterocycles. The lowest BCUT2D eigenvalue weighted by Gasteiger charge is -2.24. The summed E-state index contributed by atoms with van der Waals surface area (Å²) in [6, 6.07) is 17.4. The van der Waals surface area contributed by atoms with Gasteiger partial charge in [-0.1, -0.05) is 47.5 Å². The third-order valence-electron chi connectivity index (χ3n) is 5.05.